The van der Waals surface area contributed by atoms with Crippen molar-refractivity contribution in [2.45, 2.75) is 39.7 Å². The molecular weight excluding hydrogens is 256 g/mol. The minimum atomic E-state index is -3.50. The average molecular weight is 272 g/mol. The Morgan fingerprint density at radius 1 is 1.56 bits per heavy atom. The molecule has 0 N–H and O–H groups in total. The summed E-state index contributed by atoms with van der Waals surface area (Å²) in [6, 6.07) is -0.322. The average Bonchev–Trinajstić information content (AvgIpc) is 2.79. The second kappa shape index (κ2) is 4.38. The maximum atomic E-state index is 12.2. The van der Waals surface area contributed by atoms with E-state index >= 15 is 0 Å². The fraction of sp³-hybridized carbons (Fsp3) is 0.636. The van der Waals surface area contributed by atoms with Crippen LogP contribution in [-0.4, -0.2) is 35.4 Å². The third-order valence-corrected chi connectivity index (χ3v) is 4.91. The molecule has 0 aromatic carbocycles. The predicted octanol–water partition coefficient (Wildman–Crippen LogP) is 1.11. The molecule has 1 fully saturated rings. The first-order valence-electron chi connectivity index (χ1n) is 5.89. The highest BCUT2D eigenvalue weighted by molar-refractivity contribution is 7.89. The van der Waals surface area contributed by atoms with Gasteiger partial charge >= 0.3 is 5.91 Å². The Morgan fingerprint density at radius 3 is 2.67 bits per heavy atom. The molecule has 1 atom stereocenters. The zero-order valence-electron chi connectivity index (χ0n) is 10.6. The Morgan fingerprint density at radius 2 is 2.22 bits per heavy atom. The molecule has 0 saturated carbocycles. The molecule has 18 heavy (non-hydrogen) atoms. The van der Waals surface area contributed by atoms with Gasteiger partial charge in [-0.25, -0.2) is 17.7 Å². The summed E-state index contributed by atoms with van der Waals surface area (Å²) in [5.41, 5.74) is 0.436. The third kappa shape index (κ3) is 2.03. The van der Waals surface area contributed by atoms with E-state index in [2.05, 4.69) is 4.98 Å². The Labute approximate surface area is 106 Å². The number of nitrogens with zero attached hydrogens (tertiary/aromatic N) is 2. The SMILES string of the molecule is CCc1nc(C)c(C(=O)N2C(C)CCS2(=O)=O)o1. The lowest BCUT2D eigenvalue weighted by molar-refractivity contribution is 0.0806. The van der Waals surface area contributed by atoms with Crippen molar-refractivity contribution in [1.82, 2.24) is 9.29 Å². The summed E-state index contributed by atoms with van der Waals surface area (Å²) in [4.78, 5) is 16.3. The van der Waals surface area contributed by atoms with Gasteiger partial charge in [0.1, 0.15) is 0 Å². The number of amides is 1. The number of aryl methyl sites for hydroxylation is 2. The fourth-order valence-electron chi connectivity index (χ4n) is 2.04. The normalized spacial score (nSPS) is 22.4. The van der Waals surface area contributed by atoms with E-state index < -0.39 is 15.9 Å². The highest BCUT2D eigenvalue weighted by Crippen LogP contribution is 2.25. The van der Waals surface area contributed by atoms with Crippen LogP contribution < -0.4 is 0 Å². The zero-order valence-corrected chi connectivity index (χ0v) is 11.5. The topological polar surface area (TPSA) is 80.5 Å². The van der Waals surface area contributed by atoms with Gasteiger partial charge in [-0.15, -0.1) is 0 Å². The molecule has 100 valence electrons. The molecule has 0 spiro atoms. The van der Waals surface area contributed by atoms with E-state index in [0.717, 1.165) is 4.31 Å². The summed E-state index contributed by atoms with van der Waals surface area (Å²) >= 11 is 0. The summed E-state index contributed by atoms with van der Waals surface area (Å²) in [5, 5.41) is 0. The van der Waals surface area contributed by atoms with Gasteiger partial charge in [-0.05, 0) is 20.3 Å². The fourth-order valence-corrected chi connectivity index (χ4v) is 3.86. The van der Waals surface area contributed by atoms with Crippen molar-refractivity contribution >= 4 is 15.9 Å². The molecular formula is C11H16N2O4S. The molecule has 1 aliphatic rings. The van der Waals surface area contributed by atoms with Gasteiger partial charge in [0.05, 0.1) is 11.4 Å². The molecule has 2 rings (SSSR count). The van der Waals surface area contributed by atoms with Gasteiger partial charge in [0.2, 0.25) is 15.8 Å². The molecule has 6 nitrogen and oxygen atoms in total. The van der Waals surface area contributed by atoms with E-state index in [9.17, 15) is 13.2 Å². The van der Waals surface area contributed by atoms with Crippen LogP contribution in [0.1, 0.15) is 42.4 Å². The van der Waals surface area contributed by atoms with Crippen LogP contribution in [0.25, 0.3) is 0 Å². The summed E-state index contributed by atoms with van der Waals surface area (Å²) in [5.74, 6) is -0.123. The number of oxazole rings is 1. The van der Waals surface area contributed by atoms with Crippen molar-refractivity contribution in [2.24, 2.45) is 0 Å². The lowest BCUT2D eigenvalue weighted by atomic mass is 10.2. The minimum absolute atomic E-state index is 0.00767. The van der Waals surface area contributed by atoms with Crippen LogP contribution in [0.4, 0.5) is 0 Å². The molecule has 2 heterocycles. The van der Waals surface area contributed by atoms with E-state index in [-0.39, 0.29) is 17.6 Å². The van der Waals surface area contributed by atoms with Gasteiger partial charge in [0, 0.05) is 12.5 Å². The Bertz CT molecular complexity index is 576. The quantitative estimate of drug-likeness (QED) is 0.805. The standard InChI is InChI=1S/C11H16N2O4S/c1-4-9-12-8(3)10(17-9)11(14)13-7(2)5-6-18(13,15)16/h7H,4-6H2,1-3H3. The maximum absolute atomic E-state index is 12.2. The number of hydrogen-bond acceptors (Lipinski definition) is 5. The summed E-state index contributed by atoms with van der Waals surface area (Å²) in [6.45, 7) is 5.22. The van der Waals surface area contributed by atoms with Crippen molar-refractivity contribution in [3.05, 3.63) is 17.3 Å². The number of rotatable bonds is 2. The van der Waals surface area contributed by atoms with Gasteiger partial charge in [-0.1, -0.05) is 6.92 Å². The van der Waals surface area contributed by atoms with Crippen LogP contribution in [0.2, 0.25) is 0 Å². The van der Waals surface area contributed by atoms with Crippen LogP contribution in [0, 0.1) is 6.92 Å². The lowest BCUT2D eigenvalue weighted by Crippen LogP contribution is -2.37. The molecule has 1 aliphatic heterocycles. The number of carbonyl (C=O) groups is 1. The molecule has 1 aromatic heterocycles. The van der Waals surface area contributed by atoms with Crippen LogP contribution in [-0.2, 0) is 16.4 Å². The molecule has 7 heteroatoms. The van der Waals surface area contributed by atoms with Gasteiger partial charge in [-0.3, -0.25) is 4.79 Å². The van der Waals surface area contributed by atoms with Crippen molar-refractivity contribution in [3.63, 3.8) is 0 Å². The van der Waals surface area contributed by atoms with E-state index in [1.54, 1.807) is 13.8 Å². The van der Waals surface area contributed by atoms with Crippen LogP contribution in [0.3, 0.4) is 0 Å². The first-order valence-corrected chi connectivity index (χ1v) is 7.50. The molecule has 1 unspecified atom stereocenters. The third-order valence-electron chi connectivity index (χ3n) is 3.03. The van der Waals surface area contributed by atoms with Crippen LogP contribution in [0.15, 0.2) is 4.42 Å². The summed E-state index contributed by atoms with van der Waals surface area (Å²) in [7, 11) is -3.50. The molecule has 1 amide bonds. The van der Waals surface area contributed by atoms with E-state index in [4.69, 9.17) is 4.42 Å². The highest BCUT2D eigenvalue weighted by Gasteiger charge is 2.40. The van der Waals surface area contributed by atoms with Gasteiger partial charge < -0.3 is 4.42 Å². The van der Waals surface area contributed by atoms with E-state index in [0.29, 0.717) is 24.4 Å². The maximum Gasteiger partial charge on any atom is 0.305 e. The molecule has 0 bridgehead atoms. The van der Waals surface area contributed by atoms with Crippen molar-refractivity contribution in [3.8, 4) is 0 Å². The molecule has 1 aromatic rings. The minimum Gasteiger partial charge on any atom is -0.435 e. The molecule has 0 aliphatic carbocycles. The first kappa shape index (κ1) is 13.1. The molecule has 0 radical (unpaired) electrons. The van der Waals surface area contributed by atoms with Gasteiger partial charge in [-0.2, -0.15) is 0 Å². The lowest BCUT2D eigenvalue weighted by Gasteiger charge is -2.18. The summed E-state index contributed by atoms with van der Waals surface area (Å²) in [6.07, 6.45) is 1.03. The number of hydrogen-bond donors (Lipinski definition) is 0. The predicted molar refractivity (Wildman–Crippen MR) is 64.7 cm³/mol. The van der Waals surface area contributed by atoms with Crippen molar-refractivity contribution < 1.29 is 17.6 Å². The van der Waals surface area contributed by atoms with Crippen LogP contribution >= 0.6 is 0 Å². The Balaban J connectivity index is 2.39. The van der Waals surface area contributed by atoms with Crippen LogP contribution in [0.5, 0.6) is 0 Å². The monoisotopic (exact) mass is 272 g/mol. The summed E-state index contributed by atoms with van der Waals surface area (Å²) < 4.78 is 29.9. The van der Waals surface area contributed by atoms with Crippen molar-refractivity contribution in [2.75, 3.05) is 5.75 Å². The number of carbonyl (C=O) groups excluding carboxylic acids is 1. The number of aromatic nitrogens is 1. The van der Waals surface area contributed by atoms with E-state index in [1.165, 1.54) is 0 Å². The number of sulfonamides is 1. The Kier molecular flexibility index (Phi) is 3.18. The van der Waals surface area contributed by atoms with Gasteiger partial charge in [0.15, 0.2) is 5.89 Å². The van der Waals surface area contributed by atoms with E-state index in [1.807, 2.05) is 6.92 Å². The smallest absolute Gasteiger partial charge is 0.305 e. The Hall–Kier alpha value is -1.37. The second-order valence-corrected chi connectivity index (χ2v) is 6.40. The van der Waals surface area contributed by atoms with Gasteiger partial charge in [0.25, 0.3) is 0 Å². The first-order chi connectivity index (χ1) is 8.36. The van der Waals surface area contributed by atoms with Crippen molar-refractivity contribution in [1.29, 1.82) is 0 Å². The zero-order chi connectivity index (χ0) is 13.5. The molecule has 1 saturated heterocycles. The largest absolute Gasteiger partial charge is 0.435 e. The second-order valence-electron chi connectivity index (χ2n) is 4.43. The highest BCUT2D eigenvalue weighted by atomic mass is 32.2.